The molecule has 0 radical (unpaired) electrons. The highest BCUT2D eigenvalue weighted by Gasteiger charge is 2.25. The standard InChI is InChI=1S/C14H18F2N2O5/c1-14(2,3)23-13(21)18-9(12(19)20)6-22-10-5-7(15)4-8(16)11(10)17/h4-5,9H,6,17H2,1-3H3,(H,18,21)(H,19,20)/t9-/m0/s1. The molecule has 0 bridgehead atoms. The van der Waals surface area contributed by atoms with Crippen LogP contribution in [0.15, 0.2) is 12.1 Å². The highest BCUT2D eigenvalue weighted by Crippen LogP contribution is 2.25. The zero-order valence-electron chi connectivity index (χ0n) is 12.9. The number of ether oxygens (including phenoxy) is 2. The summed E-state index contributed by atoms with van der Waals surface area (Å²) < 4.78 is 36.3. The van der Waals surface area contributed by atoms with Crippen LogP contribution in [0.1, 0.15) is 20.8 Å². The summed E-state index contributed by atoms with van der Waals surface area (Å²) in [5.41, 5.74) is 4.09. The molecule has 0 fully saturated rings. The third-order valence-electron chi connectivity index (χ3n) is 2.45. The Bertz CT molecular complexity index is 602. The number of rotatable bonds is 5. The first kappa shape index (κ1) is 18.5. The minimum atomic E-state index is -1.49. The van der Waals surface area contributed by atoms with Crippen LogP contribution in [-0.4, -0.2) is 35.4 Å². The van der Waals surface area contributed by atoms with Gasteiger partial charge in [0.25, 0.3) is 0 Å². The van der Waals surface area contributed by atoms with Crippen LogP contribution in [-0.2, 0) is 9.53 Å². The molecule has 0 aliphatic rings. The van der Waals surface area contributed by atoms with Gasteiger partial charge in [0.1, 0.15) is 29.5 Å². The topological polar surface area (TPSA) is 111 Å². The van der Waals surface area contributed by atoms with Crippen molar-refractivity contribution >= 4 is 17.7 Å². The second kappa shape index (κ2) is 7.12. The number of anilines is 1. The molecular formula is C14H18F2N2O5. The number of carbonyl (C=O) groups excluding carboxylic acids is 1. The SMILES string of the molecule is CC(C)(C)OC(=O)N[C@@H](COc1cc(F)cc(F)c1N)C(=O)O. The number of carbonyl (C=O) groups is 2. The van der Waals surface area contributed by atoms with Gasteiger partial charge >= 0.3 is 12.1 Å². The van der Waals surface area contributed by atoms with Gasteiger partial charge in [0, 0.05) is 12.1 Å². The van der Waals surface area contributed by atoms with Crippen LogP contribution in [0, 0.1) is 11.6 Å². The summed E-state index contributed by atoms with van der Waals surface area (Å²) in [6, 6.07) is -0.115. The molecule has 1 amide bonds. The molecule has 0 aromatic heterocycles. The number of nitrogens with one attached hydrogen (secondary N) is 1. The van der Waals surface area contributed by atoms with Crippen molar-refractivity contribution in [2.45, 2.75) is 32.4 Å². The van der Waals surface area contributed by atoms with E-state index in [1.165, 1.54) is 0 Å². The number of carboxylic acid groups (broad SMARTS) is 1. The van der Waals surface area contributed by atoms with Gasteiger partial charge in [0.2, 0.25) is 0 Å². The Labute approximate surface area is 131 Å². The first-order valence-electron chi connectivity index (χ1n) is 6.59. The zero-order chi connectivity index (χ0) is 17.8. The number of nitrogens with two attached hydrogens (primary N) is 1. The van der Waals surface area contributed by atoms with Crippen molar-refractivity contribution in [3.05, 3.63) is 23.8 Å². The number of nitrogen functional groups attached to an aromatic ring is 1. The summed E-state index contributed by atoms with van der Waals surface area (Å²) in [5, 5.41) is 11.1. The van der Waals surface area contributed by atoms with Crippen molar-refractivity contribution in [2.75, 3.05) is 12.3 Å². The first-order chi connectivity index (χ1) is 10.5. The average molecular weight is 332 g/mol. The summed E-state index contributed by atoms with van der Waals surface area (Å²) in [6.45, 7) is 4.22. The van der Waals surface area contributed by atoms with Gasteiger partial charge in [-0.3, -0.25) is 0 Å². The number of aliphatic carboxylic acids is 1. The van der Waals surface area contributed by atoms with Crippen LogP contribution in [0.25, 0.3) is 0 Å². The molecule has 23 heavy (non-hydrogen) atoms. The molecule has 128 valence electrons. The lowest BCUT2D eigenvalue weighted by Crippen LogP contribution is -2.46. The fraction of sp³-hybridized carbons (Fsp3) is 0.429. The number of alkyl carbamates (subject to hydrolysis) is 1. The van der Waals surface area contributed by atoms with Gasteiger partial charge in [0.05, 0.1) is 0 Å². The number of hydrogen-bond acceptors (Lipinski definition) is 5. The number of halogens is 2. The maximum Gasteiger partial charge on any atom is 0.408 e. The Hall–Kier alpha value is -2.58. The van der Waals surface area contributed by atoms with E-state index in [-0.39, 0.29) is 5.75 Å². The molecule has 7 nitrogen and oxygen atoms in total. The minimum absolute atomic E-state index is 0.361. The smallest absolute Gasteiger partial charge is 0.408 e. The van der Waals surface area contributed by atoms with E-state index in [0.29, 0.717) is 6.07 Å². The molecule has 4 N–H and O–H groups in total. The molecule has 1 aromatic rings. The first-order valence-corrected chi connectivity index (χ1v) is 6.59. The normalized spacial score (nSPS) is 12.4. The summed E-state index contributed by atoms with van der Waals surface area (Å²) >= 11 is 0. The van der Waals surface area contributed by atoms with Crippen molar-refractivity contribution in [1.29, 1.82) is 0 Å². The van der Waals surface area contributed by atoms with Crippen LogP contribution >= 0.6 is 0 Å². The summed E-state index contributed by atoms with van der Waals surface area (Å²) in [4.78, 5) is 22.7. The van der Waals surface area contributed by atoms with Crippen LogP contribution in [0.5, 0.6) is 5.75 Å². The molecule has 0 spiro atoms. The Morgan fingerprint density at radius 1 is 1.35 bits per heavy atom. The molecule has 0 aliphatic carbocycles. The molecule has 1 rings (SSSR count). The number of hydrogen-bond donors (Lipinski definition) is 3. The van der Waals surface area contributed by atoms with E-state index < -0.39 is 47.6 Å². The van der Waals surface area contributed by atoms with E-state index in [9.17, 15) is 18.4 Å². The van der Waals surface area contributed by atoms with Gasteiger partial charge in [-0.2, -0.15) is 0 Å². The predicted octanol–water partition coefficient (Wildman–Crippen LogP) is 1.90. The monoisotopic (exact) mass is 332 g/mol. The van der Waals surface area contributed by atoms with E-state index in [1.54, 1.807) is 20.8 Å². The number of carboxylic acids is 1. The summed E-state index contributed by atoms with van der Waals surface area (Å²) in [7, 11) is 0. The van der Waals surface area contributed by atoms with E-state index in [1.807, 2.05) is 0 Å². The van der Waals surface area contributed by atoms with E-state index in [2.05, 4.69) is 5.32 Å². The zero-order valence-corrected chi connectivity index (χ0v) is 12.9. The molecule has 0 heterocycles. The lowest BCUT2D eigenvalue weighted by atomic mass is 10.2. The van der Waals surface area contributed by atoms with Gasteiger partial charge in [0.15, 0.2) is 11.9 Å². The second-order valence-corrected chi connectivity index (χ2v) is 5.65. The van der Waals surface area contributed by atoms with Crippen molar-refractivity contribution < 1.29 is 33.0 Å². The lowest BCUT2D eigenvalue weighted by Gasteiger charge is -2.22. The van der Waals surface area contributed by atoms with Gasteiger partial charge in [-0.05, 0) is 20.8 Å². The molecule has 0 unspecified atom stereocenters. The third-order valence-corrected chi connectivity index (χ3v) is 2.45. The van der Waals surface area contributed by atoms with Crippen molar-refractivity contribution in [1.82, 2.24) is 5.32 Å². The fourth-order valence-electron chi connectivity index (χ4n) is 1.48. The quantitative estimate of drug-likeness (QED) is 0.710. The van der Waals surface area contributed by atoms with Gasteiger partial charge in [-0.1, -0.05) is 0 Å². The maximum atomic E-state index is 13.3. The van der Waals surface area contributed by atoms with Crippen LogP contribution in [0.4, 0.5) is 19.3 Å². The van der Waals surface area contributed by atoms with Gasteiger partial charge < -0.3 is 25.6 Å². The largest absolute Gasteiger partial charge is 0.488 e. The van der Waals surface area contributed by atoms with Crippen LogP contribution in [0.2, 0.25) is 0 Å². The molecular weight excluding hydrogens is 314 g/mol. The average Bonchev–Trinajstić information content (AvgIpc) is 2.37. The molecule has 0 saturated carbocycles. The van der Waals surface area contributed by atoms with Gasteiger partial charge in [-0.15, -0.1) is 0 Å². The molecule has 0 saturated heterocycles. The van der Waals surface area contributed by atoms with Crippen molar-refractivity contribution in [3.8, 4) is 5.75 Å². The second-order valence-electron chi connectivity index (χ2n) is 5.65. The molecule has 1 aromatic carbocycles. The Morgan fingerprint density at radius 2 is 1.96 bits per heavy atom. The maximum absolute atomic E-state index is 13.3. The lowest BCUT2D eigenvalue weighted by molar-refractivity contribution is -0.140. The third kappa shape index (κ3) is 5.97. The highest BCUT2D eigenvalue weighted by atomic mass is 19.1. The predicted molar refractivity (Wildman–Crippen MR) is 77.1 cm³/mol. The van der Waals surface area contributed by atoms with E-state index >= 15 is 0 Å². The van der Waals surface area contributed by atoms with Crippen LogP contribution < -0.4 is 15.8 Å². The van der Waals surface area contributed by atoms with E-state index in [0.717, 1.165) is 6.07 Å². The van der Waals surface area contributed by atoms with E-state index in [4.69, 9.17) is 20.3 Å². The molecule has 1 atom stereocenters. The Morgan fingerprint density at radius 3 is 2.48 bits per heavy atom. The number of benzene rings is 1. The number of amides is 1. The highest BCUT2D eigenvalue weighted by molar-refractivity contribution is 5.80. The van der Waals surface area contributed by atoms with Gasteiger partial charge in [-0.25, -0.2) is 18.4 Å². The van der Waals surface area contributed by atoms with Crippen molar-refractivity contribution in [2.24, 2.45) is 0 Å². The van der Waals surface area contributed by atoms with Crippen LogP contribution in [0.3, 0.4) is 0 Å². The Kier molecular flexibility index (Phi) is 5.72. The minimum Gasteiger partial charge on any atom is -0.488 e. The summed E-state index contributed by atoms with van der Waals surface area (Å²) in [5.74, 6) is -3.74. The van der Waals surface area contributed by atoms with Crippen molar-refractivity contribution in [3.63, 3.8) is 0 Å². The fourth-order valence-corrected chi connectivity index (χ4v) is 1.48. The molecule has 9 heteroatoms. The summed E-state index contributed by atoms with van der Waals surface area (Å²) in [6.07, 6.45) is -0.966. The Balaban J connectivity index is 2.75. The molecule has 0 aliphatic heterocycles.